The first kappa shape index (κ1) is 11.8. The van der Waals surface area contributed by atoms with Gasteiger partial charge in [-0.3, -0.25) is 0 Å². The summed E-state index contributed by atoms with van der Waals surface area (Å²) < 4.78 is 5.42. The summed E-state index contributed by atoms with van der Waals surface area (Å²) in [5.74, 6) is 1.46. The van der Waals surface area contributed by atoms with Gasteiger partial charge >= 0.3 is 0 Å². The minimum Gasteiger partial charge on any atom is -0.478 e. The van der Waals surface area contributed by atoms with Crippen LogP contribution in [0.3, 0.4) is 0 Å². The van der Waals surface area contributed by atoms with Crippen LogP contribution in [0, 0.1) is 0 Å². The first-order valence-corrected chi connectivity index (χ1v) is 5.47. The molecule has 1 heterocycles. The molecule has 1 aromatic rings. The Labute approximate surface area is 91.1 Å². The molecule has 84 valence electrons. The molecule has 0 fully saturated rings. The molecule has 0 aliphatic heterocycles. The summed E-state index contributed by atoms with van der Waals surface area (Å²) in [5.41, 5.74) is 0. The first-order valence-electron chi connectivity index (χ1n) is 5.47. The third-order valence-corrected chi connectivity index (χ3v) is 2.10. The van der Waals surface area contributed by atoms with Crippen LogP contribution in [0.4, 0.5) is 5.82 Å². The number of nitrogens with zero attached hydrogens (tertiary/aromatic N) is 2. The summed E-state index contributed by atoms with van der Waals surface area (Å²) in [6.07, 6.45) is 3.57. The fourth-order valence-electron chi connectivity index (χ4n) is 1.06. The molecule has 0 bridgehead atoms. The summed E-state index contributed by atoms with van der Waals surface area (Å²) in [6, 6.07) is 2.25. The zero-order chi connectivity index (χ0) is 11.1. The number of hydrogen-bond acceptors (Lipinski definition) is 4. The van der Waals surface area contributed by atoms with Gasteiger partial charge < -0.3 is 10.1 Å². The van der Waals surface area contributed by atoms with Crippen LogP contribution in [0.2, 0.25) is 0 Å². The molecule has 0 amide bonds. The Bertz CT molecular complexity index is 291. The number of ether oxygens (including phenoxy) is 1. The summed E-state index contributed by atoms with van der Waals surface area (Å²) in [5, 5.41) is 3.28. The van der Waals surface area contributed by atoms with Gasteiger partial charge in [0.1, 0.15) is 12.1 Å². The van der Waals surface area contributed by atoms with Gasteiger partial charge in [-0.25, -0.2) is 9.97 Å². The van der Waals surface area contributed by atoms with Crippen molar-refractivity contribution in [1.82, 2.24) is 9.97 Å². The monoisotopic (exact) mass is 209 g/mol. The molecule has 0 aromatic carbocycles. The van der Waals surface area contributed by atoms with Crippen molar-refractivity contribution >= 4 is 5.82 Å². The predicted octanol–water partition coefficient (Wildman–Crippen LogP) is 2.48. The third-order valence-electron chi connectivity index (χ3n) is 2.10. The predicted molar refractivity (Wildman–Crippen MR) is 61.2 cm³/mol. The number of hydrogen-bond donors (Lipinski definition) is 1. The zero-order valence-corrected chi connectivity index (χ0v) is 9.66. The average molecular weight is 209 g/mol. The Morgan fingerprint density at radius 1 is 1.40 bits per heavy atom. The number of rotatable bonds is 6. The van der Waals surface area contributed by atoms with E-state index in [0.717, 1.165) is 18.7 Å². The van der Waals surface area contributed by atoms with E-state index in [1.165, 1.54) is 6.33 Å². The van der Waals surface area contributed by atoms with Crippen molar-refractivity contribution in [3.05, 3.63) is 12.4 Å². The zero-order valence-electron chi connectivity index (χ0n) is 9.66. The van der Waals surface area contributed by atoms with E-state index in [9.17, 15) is 0 Å². The maximum absolute atomic E-state index is 5.42. The lowest BCUT2D eigenvalue weighted by Crippen LogP contribution is -2.14. The summed E-state index contributed by atoms with van der Waals surface area (Å²) in [7, 11) is 0. The maximum atomic E-state index is 5.42. The van der Waals surface area contributed by atoms with Gasteiger partial charge in [0.15, 0.2) is 0 Å². The van der Waals surface area contributed by atoms with E-state index < -0.39 is 0 Å². The Morgan fingerprint density at radius 3 is 2.87 bits per heavy atom. The third kappa shape index (κ3) is 4.14. The molecule has 4 nitrogen and oxygen atoms in total. The molecule has 1 atom stereocenters. The highest BCUT2D eigenvalue weighted by molar-refractivity contribution is 5.37. The minimum atomic E-state index is 0.416. The quantitative estimate of drug-likeness (QED) is 0.781. The molecule has 0 saturated heterocycles. The SMILES string of the molecule is CCCOc1cc(NC(C)CC)ncn1. The van der Waals surface area contributed by atoms with Gasteiger partial charge in [-0.05, 0) is 19.8 Å². The molecular weight excluding hydrogens is 190 g/mol. The minimum absolute atomic E-state index is 0.416. The molecule has 1 N–H and O–H groups in total. The van der Waals surface area contributed by atoms with Crippen molar-refractivity contribution in [3.63, 3.8) is 0 Å². The first-order chi connectivity index (χ1) is 7.26. The normalized spacial score (nSPS) is 12.2. The topological polar surface area (TPSA) is 47.0 Å². The van der Waals surface area contributed by atoms with Crippen LogP contribution in [0.25, 0.3) is 0 Å². The van der Waals surface area contributed by atoms with E-state index in [-0.39, 0.29) is 0 Å². The molecule has 0 saturated carbocycles. The molecule has 1 unspecified atom stereocenters. The summed E-state index contributed by atoms with van der Waals surface area (Å²) in [6.45, 7) is 7.02. The second kappa shape index (κ2) is 6.22. The van der Waals surface area contributed by atoms with E-state index in [0.29, 0.717) is 18.5 Å². The molecule has 0 aliphatic rings. The Kier molecular flexibility index (Phi) is 4.87. The van der Waals surface area contributed by atoms with Gasteiger partial charge in [-0.1, -0.05) is 13.8 Å². The van der Waals surface area contributed by atoms with Gasteiger partial charge in [0, 0.05) is 12.1 Å². The van der Waals surface area contributed by atoms with Crippen LogP contribution in [-0.2, 0) is 0 Å². The molecule has 15 heavy (non-hydrogen) atoms. The summed E-state index contributed by atoms with van der Waals surface area (Å²) in [4.78, 5) is 8.17. The molecule has 0 aliphatic carbocycles. The van der Waals surface area contributed by atoms with Crippen LogP contribution in [-0.4, -0.2) is 22.6 Å². The highest BCUT2D eigenvalue weighted by Gasteiger charge is 2.02. The highest BCUT2D eigenvalue weighted by Crippen LogP contribution is 2.12. The molecule has 0 spiro atoms. The highest BCUT2D eigenvalue weighted by atomic mass is 16.5. The fraction of sp³-hybridized carbons (Fsp3) is 0.636. The van der Waals surface area contributed by atoms with Gasteiger partial charge in [0.2, 0.25) is 5.88 Å². The molecule has 1 rings (SSSR count). The largest absolute Gasteiger partial charge is 0.478 e. The Morgan fingerprint density at radius 2 is 2.20 bits per heavy atom. The standard InChI is InChI=1S/C11H19N3O/c1-4-6-15-11-7-10(12-8-13-11)14-9(3)5-2/h7-9H,4-6H2,1-3H3,(H,12,13,14). The van der Waals surface area contributed by atoms with Crippen LogP contribution < -0.4 is 10.1 Å². The Hall–Kier alpha value is -1.32. The lowest BCUT2D eigenvalue weighted by molar-refractivity contribution is 0.305. The van der Waals surface area contributed by atoms with Crippen LogP contribution in [0.1, 0.15) is 33.6 Å². The van der Waals surface area contributed by atoms with E-state index >= 15 is 0 Å². The van der Waals surface area contributed by atoms with Crippen LogP contribution in [0.15, 0.2) is 12.4 Å². The lowest BCUT2D eigenvalue weighted by Gasteiger charge is -2.12. The molecule has 0 radical (unpaired) electrons. The molecule has 4 heteroatoms. The number of nitrogens with one attached hydrogen (secondary N) is 1. The Balaban J connectivity index is 2.57. The van der Waals surface area contributed by atoms with Gasteiger partial charge in [0.25, 0.3) is 0 Å². The fourth-order valence-corrected chi connectivity index (χ4v) is 1.06. The van der Waals surface area contributed by atoms with Gasteiger partial charge in [-0.15, -0.1) is 0 Å². The molecular formula is C11H19N3O. The van der Waals surface area contributed by atoms with Crippen molar-refractivity contribution < 1.29 is 4.74 Å². The number of anilines is 1. The van der Waals surface area contributed by atoms with Crippen LogP contribution in [0.5, 0.6) is 5.88 Å². The molecule has 1 aromatic heterocycles. The smallest absolute Gasteiger partial charge is 0.218 e. The van der Waals surface area contributed by atoms with Crippen molar-refractivity contribution in [2.75, 3.05) is 11.9 Å². The van der Waals surface area contributed by atoms with E-state index in [4.69, 9.17) is 4.74 Å². The van der Waals surface area contributed by atoms with Crippen molar-refractivity contribution in [2.45, 2.75) is 39.7 Å². The van der Waals surface area contributed by atoms with E-state index in [2.05, 4.69) is 36.1 Å². The van der Waals surface area contributed by atoms with Crippen molar-refractivity contribution in [1.29, 1.82) is 0 Å². The van der Waals surface area contributed by atoms with Crippen LogP contribution >= 0.6 is 0 Å². The van der Waals surface area contributed by atoms with Crippen molar-refractivity contribution in [2.24, 2.45) is 0 Å². The van der Waals surface area contributed by atoms with Gasteiger partial charge in [0.05, 0.1) is 6.61 Å². The van der Waals surface area contributed by atoms with Gasteiger partial charge in [-0.2, -0.15) is 0 Å². The second-order valence-electron chi connectivity index (χ2n) is 3.54. The van der Waals surface area contributed by atoms with E-state index in [1.807, 2.05) is 6.07 Å². The maximum Gasteiger partial charge on any atom is 0.218 e. The second-order valence-corrected chi connectivity index (χ2v) is 3.54. The summed E-state index contributed by atoms with van der Waals surface area (Å²) >= 11 is 0. The van der Waals surface area contributed by atoms with E-state index in [1.54, 1.807) is 0 Å². The average Bonchev–Trinajstić information content (AvgIpc) is 2.26. The lowest BCUT2D eigenvalue weighted by atomic mass is 10.2. The van der Waals surface area contributed by atoms with Crippen molar-refractivity contribution in [3.8, 4) is 5.88 Å². The number of aromatic nitrogens is 2.